The molecule has 2 N–H and O–H groups in total. The molecule has 0 bridgehead atoms. The van der Waals surface area contributed by atoms with Crippen LogP contribution >= 0.6 is 0 Å². The van der Waals surface area contributed by atoms with Crippen molar-refractivity contribution in [3.05, 3.63) is 30.2 Å². The Balaban J connectivity index is 2.45. The minimum absolute atomic E-state index is 0.0771. The SMILES string of the molecule is COc1cc(-c2cnc(N)o2)ccc1F. The van der Waals surface area contributed by atoms with Gasteiger partial charge in [-0.25, -0.2) is 9.37 Å². The van der Waals surface area contributed by atoms with E-state index in [0.29, 0.717) is 11.3 Å². The number of anilines is 1. The average molecular weight is 208 g/mol. The van der Waals surface area contributed by atoms with Crippen molar-refractivity contribution < 1.29 is 13.5 Å². The summed E-state index contributed by atoms with van der Waals surface area (Å²) in [5.74, 6) is 0.210. The summed E-state index contributed by atoms with van der Waals surface area (Å²) in [5.41, 5.74) is 6.00. The van der Waals surface area contributed by atoms with Crippen molar-refractivity contribution in [2.75, 3.05) is 12.8 Å². The molecule has 0 aliphatic carbocycles. The van der Waals surface area contributed by atoms with Crippen LogP contribution in [-0.4, -0.2) is 12.1 Å². The van der Waals surface area contributed by atoms with Crippen molar-refractivity contribution in [2.45, 2.75) is 0 Å². The number of hydrogen-bond donors (Lipinski definition) is 1. The minimum atomic E-state index is -0.422. The van der Waals surface area contributed by atoms with Crippen molar-refractivity contribution in [3.63, 3.8) is 0 Å². The molecule has 1 aromatic carbocycles. The fraction of sp³-hybridized carbons (Fsp3) is 0.100. The van der Waals surface area contributed by atoms with Crippen LogP contribution in [0.25, 0.3) is 11.3 Å². The Morgan fingerprint density at radius 3 is 2.87 bits per heavy atom. The molecule has 1 heterocycles. The Kier molecular flexibility index (Phi) is 2.29. The molecule has 0 radical (unpaired) electrons. The smallest absolute Gasteiger partial charge is 0.292 e. The fourth-order valence-electron chi connectivity index (χ4n) is 1.23. The summed E-state index contributed by atoms with van der Waals surface area (Å²) in [6.07, 6.45) is 1.47. The van der Waals surface area contributed by atoms with Gasteiger partial charge in [0.2, 0.25) is 0 Å². The first-order valence-electron chi connectivity index (χ1n) is 4.26. The molecule has 0 atom stereocenters. The Labute approximate surface area is 85.5 Å². The first kappa shape index (κ1) is 9.51. The van der Waals surface area contributed by atoms with Gasteiger partial charge >= 0.3 is 0 Å². The van der Waals surface area contributed by atoms with E-state index in [1.807, 2.05) is 0 Å². The van der Waals surface area contributed by atoms with Gasteiger partial charge in [-0.2, -0.15) is 0 Å². The second-order valence-electron chi connectivity index (χ2n) is 2.91. The number of rotatable bonds is 2. The first-order valence-corrected chi connectivity index (χ1v) is 4.26. The highest BCUT2D eigenvalue weighted by molar-refractivity contribution is 5.59. The summed E-state index contributed by atoms with van der Waals surface area (Å²) in [5, 5.41) is 0. The monoisotopic (exact) mass is 208 g/mol. The third kappa shape index (κ3) is 1.76. The van der Waals surface area contributed by atoms with Crippen LogP contribution in [0.2, 0.25) is 0 Å². The number of hydrogen-bond acceptors (Lipinski definition) is 4. The van der Waals surface area contributed by atoms with E-state index in [-0.39, 0.29) is 11.8 Å². The molecular formula is C10H9FN2O2. The largest absolute Gasteiger partial charge is 0.494 e. The number of nitrogen functional groups attached to an aromatic ring is 1. The van der Waals surface area contributed by atoms with Crippen LogP contribution in [0.15, 0.2) is 28.8 Å². The zero-order valence-electron chi connectivity index (χ0n) is 8.03. The van der Waals surface area contributed by atoms with Gasteiger partial charge in [0.25, 0.3) is 6.01 Å². The van der Waals surface area contributed by atoms with E-state index in [0.717, 1.165) is 0 Å². The topological polar surface area (TPSA) is 61.3 Å². The molecule has 1 aromatic heterocycles. The highest BCUT2D eigenvalue weighted by atomic mass is 19.1. The fourth-order valence-corrected chi connectivity index (χ4v) is 1.23. The van der Waals surface area contributed by atoms with E-state index in [9.17, 15) is 4.39 Å². The maximum absolute atomic E-state index is 13.1. The average Bonchev–Trinajstić information content (AvgIpc) is 2.66. The van der Waals surface area contributed by atoms with E-state index >= 15 is 0 Å². The highest BCUT2D eigenvalue weighted by Crippen LogP contribution is 2.27. The van der Waals surface area contributed by atoms with Crippen LogP contribution in [0.4, 0.5) is 10.4 Å². The van der Waals surface area contributed by atoms with Crippen molar-refractivity contribution in [2.24, 2.45) is 0 Å². The number of methoxy groups -OCH3 is 1. The Morgan fingerprint density at radius 1 is 1.47 bits per heavy atom. The molecule has 15 heavy (non-hydrogen) atoms. The molecule has 0 fully saturated rings. The maximum atomic E-state index is 13.1. The molecule has 0 amide bonds. The van der Waals surface area contributed by atoms with Crippen molar-refractivity contribution in [1.29, 1.82) is 0 Å². The zero-order chi connectivity index (χ0) is 10.8. The Bertz CT molecular complexity index is 482. The molecule has 0 saturated carbocycles. The van der Waals surface area contributed by atoms with Crippen LogP contribution < -0.4 is 10.5 Å². The number of aromatic nitrogens is 1. The van der Waals surface area contributed by atoms with Crippen molar-refractivity contribution >= 4 is 6.01 Å². The molecule has 5 heteroatoms. The number of nitrogens with zero attached hydrogens (tertiary/aromatic N) is 1. The third-order valence-electron chi connectivity index (χ3n) is 1.96. The first-order chi connectivity index (χ1) is 7.20. The molecule has 0 aliphatic heterocycles. The second-order valence-corrected chi connectivity index (χ2v) is 2.91. The number of nitrogens with two attached hydrogens (primary N) is 1. The zero-order valence-corrected chi connectivity index (χ0v) is 8.03. The lowest BCUT2D eigenvalue weighted by molar-refractivity contribution is 0.386. The quantitative estimate of drug-likeness (QED) is 0.820. The Hall–Kier alpha value is -2.04. The van der Waals surface area contributed by atoms with Gasteiger partial charge in [-0.3, -0.25) is 0 Å². The standard InChI is InChI=1S/C10H9FN2O2/c1-14-8-4-6(2-3-7(8)11)9-5-13-10(12)15-9/h2-5H,1H3,(H2,12,13). The summed E-state index contributed by atoms with van der Waals surface area (Å²) in [6.45, 7) is 0. The van der Waals surface area contributed by atoms with Gasteiger partial charge in [0.1, 0.15) is 0 Å². The molecule has 2 aromatic rings. The van der Waals surface area contributed by atoms with Crippen LogP contribution in [0.5, 0.6) is 5.75 Å². The summed E-state index contributed by atoms with van der Waals surface area (Å²) in [7, 11) is 1.40. The molecule has 2 rings (SSSR count). The second kappa shape index (κ2) is 3.61. The molecule has 0 spiro atoms. The van der Waals surface area contributed by atoms with E-state index in [1.165, 1.54) is 25.4 Å². The number of benzene rings is 1. The number of halogens is 1. The lowest BCUT2D eigenvalue weighted by Gasteiger charge is -2.02. The molecule has 4 nitrogen and oxygen atoms in total. The predicted molar refractivity (Wildman–Crippen MR) is 52.9 cm³/mol. The summed E-state index contributed by atoms with van der Waals surface area (Å²) >= 11 is 0. The van der Waals surface area contributed by atoms with Gasteiger partial charge < -0.3 is 14.9 Å². The van der Waals surface area contributed by atoms with Gasteiger partial charge in [-0.1, -0.05) is 0 Å². The lowest BCUT2D eigenvalue weighted by atomic mass is 10.2. The molecule has 0 aliphatic rings. The molecule has 78 valence electrons. The van der Waals surface area contributed by atoms with E-state index in [1.54, 1.807) is 6.07 Å². The van der Waals surface area contributed by atoms with Gasteiger partial charge in [0.15, 0.2) is 17.3 Å². The van der Waals surface area contributed by atoms with Crippen LogP contribution in [0, 0.1) is 5.82 Å². The van der Waals surface area contributed by atoms with E-state index in [4.69, 9.17) is 14.9 Å². The van der Waals surface area contributed by atoms with Crippen molar-refractivity contribution in [1.82, 2.24) is 4.98 Å². The Morgan fingerprint density at radius 2 is 2.27 bits per heavy atom. The summed E-state index contributed by atoms with van der Waals surface area (Å²) in [6, 6.07) is 4.47. The summed E-state index contributed by atoms with van der Waals surface area (Å²) in [4.78, 5) is 3.75. The normalized spacial score (nSPS) is 10.3. The number of oxazole rings is 1. The lowest BCUT2D eigenvalue weighted by Crippen LogP contribution is -1.88. The number of ether oxygens (including phenoxy) is 1. The van der Waals surface area contributed by atoms with Crippen LogP contribution in [0.3, 0.4) is 0 Å². The minimum Gasteiger partial charge on any atom is -0.494 e. The van der Waals surface area contributed by atoms with Gasteiger partial charge in [-0.05, 0) is 18.2 Å². The molecule has 0 unspecified atom stereocenters. The maximum Gasteiger partial charge on any atom is 0.292 e. The highest BCUT2D eigenvalue weighted by Gasteiger charge is 2.08. The van der Waals surface area contributed by atoms with E-state index < -0.39 is 5.82 Å². The van der Waals surface area contributed by atoms with Gasteiger partial charge in [0, 0.05) is 5.56 Å². The van der Waals surface area contributed by atoms with Crippen molar-refractivity contribution in [3.8, 4) is 17.1 Å². The summed E-state index contributed by atoms with van der Waals surface area (Å²) < 4.78 is 23.0. The van der Waals surface area contributed by atoms with Gasteiger partial charge in [0.05, 0.1) is 13.3 Å². The van der Waals surface area contributed by atoms with E-state index in [2.05, 4.69) is 4.98 Å². The van der Waals surface area contributed by atoms with Crippen LogP contribution in [-0.2, 0) is 0 Å². The molecular weight excluding hydrogens is 199 g/mol. The van der Waals surface area contributed by atoms with Crippen LogP contribution in [0.1, 0.15) is 0 Å². The third-order valence-corrected chi connectivity index (χ3v) is 1.96. The predicted octanol–water partition coefficient (Wildman–Crippen LogP) is 2.07. The molecule has 0 saturated heterocycles. The van der Waals surface area contributed by atoms with Gasteiger partial charge in [-0.15, -0.1) is 0 Å².